The molecule has 0 aliphatic rings. The molecule has 30 heavy (non-hydrogen) atoms. The highest BCUT2D eigenvalue weighted by molar-refractivity contribution is 5.94. The van der Waals surface area contributed by atoms with Crippen LogP contribution in [0.15, 0.2) is 64.1 Å². The summed E-state index contributed by atoms with van der Waals surface area (Å²) in [6, 6.07) is 12.9. The van der Waals surface area contributed by atoms with E-state index in [9.17, 15) is 14.0 Å². The van der Waals surface area contributed by atoms with Gasteiger partial charge in [0.1, 0.15) is 18.2 Å². The molecule has 3 aromatic rings. The van der Waals surface area contributed by atoms with Gasteiger partial charge >= 0.3 is 5.97 Å². The number of carboxylic acids is 1. The molecule has 0 radical (unpaired) electrons. The second-order valence-electron chi connectivity index (χ2n) is 5.98. The summed E-state index contributed by atoms with van der Waals surface area (Å²) < 4.78 is 28.9. The second kappa shape index (κ2) is 9.37. The van der Waals surface area contributed by atoms with Gasteiger partial charge in [0.2, 0.25) is 5.76 Å². The zero-order chi connectivity index (χ0) is 21.5. The van der Waals surface area contributed by atoms with Crippen molar-refractivity contribution >= 4 is 18.1 Å². The van der Waals surface area contributed by atoms with E-state index in [2.05, 4.69) is 10.5 Å². The fourth-order valence-corrected chi connectivity index (χ4v) is 2.43. The quantitative estimate of drug-likeness (QED) is 0.433. The number of aromatic carboxylic acids is 1. The number of ether oxygens (including phenoxy) is 2. The maximum Gasteiger partial charge on any atom is 0.371 e. The van der Waals surface area contributed by atoms with Gasteiger partial charge in [-0.3, -0.25) is 4.79 Å². The minimum absolute atomic E-state index is 0.0187. The average Bonchev–Trinajstić information content (AvgIpc) is 3.22. The van der Waals surface area contributed by atoms with Crippen molar-refractivity contribution in [1.82, 2.24) is 5.43 Å². The maximum absolute atomic E-state index is 12.9. The van der Waals surface area contributed by atoms with Crippen LogP contribution in [-0.4, -0.2) is 30.3 Å². The first kappa shape index (κ1) is 20.6. The van der Waals surface area contributed by atoms with Crippen molar-refractivity contribution in [3.05, 3.63) is 83.1 Å². The number of rotatable bonds is 8. The van der Waals surface area contributed by atoms with Crippen molar-refractivity contribution < 1.29 is 33.0 Å². The summed E-state index contributed by atoms with van der Waals surface area (Å²) in [5.74, 6) is -1.06. The Kier molecular flexibility index (Phi) is 6.43. The van der Waals surface area contributed by atoms with Crippen molar-refractivity contribution in [2.75, 3.05) is 7.11 Å². The molecule has 1 heterocycles. The van der Waals surface area contributed by atoms with Crippen molar-refractivity contribution in [3.8, 4) is 11.5 Å². The lowest BCUT2D eigenvalue weighted by Crippen LogP contribution is -2.17. The van der Waals surface area contributed by atoms with E-state index in [1.54, 1.807) is 18.2 Å². The molecule has 8 nitrogen and oxygen atoms in total. The SMILES string of the molecule is COc1cc(/C=N\NC(=O)c2ccc(F)cc2)ccc1OCc1ccc(C(=O)O)o1. The molecule has 2 N–H and O–H groups in total. The molecule has 0 saturated carbocycles. The van der Waals surface area contributed by atoms with E-state index in [-0.39, 0.29) is 17.9 Å². The van der Waals surface area contributed by atoms with Crippen molar-refractivity contribution in [1.29, 1.82) is 0 Å². The largest absolute Gasteiger partial charge is 0.493 e. The summed E-state index contributed by atoms with van der Waals surface area (Å²) in [4.78, 5) is 22.8. The number of halogens is 1. The third-order valence-corrected chi connectivity index (χ3v) is 3.92. The van der Waals surface area contributed by atoms with Crippen molar-refractivity contribution in [3.63, 3.8) is 0 Å². The molecule has 2 aromatic carbocycles. The van der Waals surface area contributed by atoms with Gasteiger partial charge in [0, 0.05) is 5.56 Å². The Labute approximate surface area is 170 Å². The topological polar surface area (TPSA) is 110 Å². The van der Waals surface area contributed by atoms with Crippen LogP contribution >= 0.6 is 0 Å². The van der Waals surface area contributed by atoms with Gasteiger partial charge in [0.05, 0.1) is 13.3 Å². The van der Waals surface area contributed by atoms with Crippen LogP contribution in [0, 0.1) is 5.82 Å². The molecule has 0 fully saturated rings. The van der Waals surface area contributed by atoms with Gasteiger partial charge in [-0.1, -0.05) is 0 Å². The Bertz CT molecular complexity index is 1080. The van der Waals surface area contributed by atoms with Crippen LogP contribution in [0.5, 0.6) is 11.5 Å². The second-order valence-corrected chi connectivity index (χ2v) is 5.98. The van der Waals surface area contributed by atoms with Gasteiger partial charge in [-0.05, 0) is 60.2 Å². The summed E-state index contributed by atoms with van der Waals surface area (Å²) in [5, 5.41) is 12.7. The van der Waals surface area contributed by atoms with Gasteiger partial charge < -0.3 is 19.0 Å². The number of hydrazone groups is 1. The standard InChI is InChI=1S/C21H17FN2O6/c1-28-19-10-13(11-23-24-20(25)14-3-5-15(22)6-4-14)2-8-17(19)29-12-16-7-9-18(30-16)21(26)27/h2-11H,12H2,1H3,(H,24,25)(H,26,27)/b23-11-. The van der Waals surface area contributed by atoms with Crippen LogP contribution in [0.1, 0.15) is 32.2 Å². The highest BCUT2D eigenvalue weighted by atomic mass is 19.1. The van der Waals surface area contributed by atoms with Crippen LogP contribution in [0.25, 0.3) is 0 Å². The fraction of sp³-hybridized carbons (Fsp3) is 0.0952. The number of carboxylic acid groups (broad SMARTS) is 1. The predicted molar refractivity (Wildman–Crippen MR) is 104 cm³/mol. The maximum atomic E-state index is 12.9. The molecule has 0 unspecified atom stereocenters. The smallest absolute Gasteiger partial charge is 0.371 e. The molecule has 1 aromatic heterocycles. The van der Waals surface area contributed by atoms with E-state index in [1.807, 2.05) is 0 Å². The average molecular weight is 412 g/mol. The Hall–Kier alpha value is -4.14. The van der Waals surface area contributed by atoms with Gasteiger partial charge in [-0.25, -0.2) is 14.6 Å². The number of carbonyl (C=O) groups is 2. The number of furan rings is 1. The lowest BCUT2D eigenvalue weighted by molar-refractivity contribution is 0.0657. The summed E-state index contributed by atoms with van der Waals surface area (Å²) >= 11 is 0. The summed E-state index contributed by atoms with van der Waals surface area (Å²) in [6.07, 6.45) is 1.42. The number of nitrogens with zero attached hydrogens (tertiary/aromatic N) is 1. The van der Waals surface area contributed by atoms with E-state index in [0.717, 1.165) is 0 Å². The first-order valence-corrected chi connectivity index (χ1v) is 8.68. The lowest BCUT2D eigenvalue weighted by atomic mass is 10.2. The Balaban J connectivity index is 1.61. The van der Waals surface area contributed by atoms with E-state index in [0.29, 0.717) is 22.8 Å². The number of hydrogen-bond donors (Lipinski definition) is 2. The molecule has 1 amide bonds. The fourth-order valence-electron chi connectivity index (χ4n) is 2.43. The van der Waals surface area contributed by atoms with E-state index < -0.39 is 17.7 Å². The van der Waals surface area contributed by atoms with E-state index in [4.69, 9.17) is 19.0 Å². The Morgan fingerprint density at radius 2 is 1.90 bits per heavy atom. The van der Waals surface area contributed by atoms with Gasteiger partial charge in [-0.15, -0.1) is 0 Å². The molecule has 0 bridgehead atoms. The highest BCUT2D eigenvalue weighted by Crippen LogP contribution is 2.28. The van der Waals surface area contributed by atoms with E-state index in [1.165, 1.54) is 49.7 Å². The summed E-state index contributed by atoms with van der Waals surface area (Å²) in [6.45, 7) is 0.0187. The minimum Gasteiger partial charge on any atom is -0.493 e. The van der Waals surface area contributed by atoms with Crippen LogP contribution in [-0.2, 0) is 6.61 Å². The van der Waals surface area contributed by atoms with Crippen molar-refractivity contribution in [2.24, 2.45) is 5.10 Å². The number of methoxy groups -OCH3 is 1. The monoisotopic (exact) mass is 412 g/mol. The highest BCUT2D eigenvalue weighted by Gasteiger charge is 2.11. The molecule has 3 rings (SSSR count). The zero-order valence-electron chi connectivity index (χ0n) is 15.8. The lowest BCUT2D eigenvalue weighted by Gasteiger charge is -2.10. The van der Waals surface area contributed by atoms with Crippen LogP contribution < -0.4 is 14.9 Å². The van der Waals surface area contributed by atoms with Gasteiger partial charge in [0.25, 0.3) is 5.91 Å². The predicted octanol–water partition coefficient (Wildman–Crippen LogP) is 3.47. The van der Waals surface area contributed by atoms with Crippen LogP contribution in [0.2, 0.25) is 0 Å². The molecular weight excluding hydrogens is 395 g/mol. The van der Waals surface area contributed by atoms with Gasteiger partial charge in [0.15, 0.2) is 11.5 Å². The van der Waals surface area contributed by atoms with Gasteiger partial charge in [-0.2, -0.15) is 5.10 Å². The number of amides is 1. The van der Waals surface area contributed by atoms with E-state index >= 15 is 0 Å². The normalized spacial score (nSPS) is 10.7. The first-order valence-electron chi connectivity index (χ1n) is 8.68. The number of carbonyl (C=O) groups excluding carboxylic acids is 1. The molecule has 9 heteroatoms. The number of benzene rings is 2. The minimum atomic E-state index is -1.16. The third kappa shape index (κ3) is 5.22. The Morgan fingerprint density at radius 1 is 1.13 bits per heavy atom. The number of hydrogen-bond acceptors (Lipinski definition) is 6. The molecular formula is C21H17FN2O6. The van der Waals surface area contributed by atoms with Crippen molar-refractivity contribution in [2.45, 2.75) is 6.61 Å². The molecule has 0 aliphatic carbocycles. The van der Waals surface area contributed by atoms with Crippen LogP contribution in [0.4, 0.5) is 4.39 Å². The van der Waals surface area contributed by atoms with Crippen LogP contribution in [0.3, 0.4) is 0 Å². The first-order chi connectivity index (χ1) is 14.5. The summed E-state index contributed by atoms with van der Waals surface area (Å²) in [5.41, 5.74) is 3.26. The molecule has 0 atom stereocenters. The molecule has 0 spiro atoms. The Morgan fingerprint density at radius 3 is 2.57 bits per heavy atom. The molecule has 0 saturated heterocycles. The zero-order valence-corrected chi connectivity index (χ0v) is 15.8. The molecule has 154 valence electrons. The molecule has 0 aliphatic heterocycles. The third-order valence-electron chi connectivity index (χ3n) is 3.92. The summed E-state index contributed by atoms with van der Waals surface area (Å²) in [7, 11) is 1.47. The number of nitrogens with one attached hydrogen (secondary N) is 1.